The highest BCUT2D eigenvalue weighted by atomic mass is 14.9. The Hall–Kier alpha value is -1.63. The first kappa shape index (κ1) is 8.47. The standard InChI is InChI=1S/C17H20N/c1-12-4-6-14(7-5-12)15-8-9-17(18(3)11-15)16-10-13(16)2/h4-9,11,13,16H,10H2,1-3H3/q+1/i1D3. The van der Waals surface area contributed by atoms with Crippen molar-refractivity contribution in [1.29, 1.82) is 0 Å². The number of benzene rings is 1. The van der Waals surface area contributed by atoms with Crippen molar-refractivity contribution in [3.63, 3.8) is 0 Å². The van der Waals surface area contributed by atoms with Gasteiger partial charge < -0.3 is 0 Å². The molecule has 1 heterocycles. The van der Waals surface area contributed by atoms with E-state index in [1.807, 2.05) is 12.1 Å². The molecule has 1 aromatic carbocycles. The molecule has 1 aliphatic carbocycles. The van der Waals surface area contributed by atoms with E-state index in [-0.39, 0.29) is 0 Å². The summed E-state index contributed by atoms with van der Waals surface area (Å²) >= 11 is 0. The first-order valence-electron chi connectivity index (χ1n) is 7.97. The smallest absolute Gasteiger partial charge is 0.184 e. The second-order valence-corrected chi connectivity index (χ2v) is 5.35. The topological polar surface area (TPSA) is 3.88 Å². The molecule has 0 bridgehead atoms. The van der Waals surface area contributed by atoms with E-state index in [0.29, 0.717) is 11.5 Å². The van der Waals surface area contributed by atoms with E-state index in [1.165, 1.54) is 12.1 Å². The zero-order valence-electron chi connectivity index (χ0n) is 13.9. The molecule has 2 unspecified atom stereocenters. The first-order chi connectivity index (χ1) is 9.86. The Bertz CT molecular complexity index is 659. The van der Waals surface area contributed by atoms with E-state index in [4.69, 9.17) is 4.11 Å². The average molecular weight is 241 g/mol. The maximum atomic E-state index is 7.41. The highest BCUT2D eigenvalue weighted by Crippen LogP contribution is 2.45. The summed E-state index contributed by atoms with van der Waals surface area (Å²) in [6.07, 6.45) is 3.41. The molecule has 0 amide bonds. The Kier molecular flexibility index (Phi) is 1.99. The zero-order chi connectivity index (χ0) is 15.2. The molecular weight excluding hydrogens is 218 g/mol. The van der Waals surface area contributed by atoms with E-state index < -0.39 is 6.85 Å². The quantitative estimate of drug-likeness (QED) is 0.707. The number of hydrogen-bond donors (Lipinski definition) is 0. The van der Waals surface area contributed by atoms with Crippen LogP contribution in [0.4, 0.5) is 0 Å². The van der Waals surface area contributed by atoms with Gasteiger partial charge in [0.15, 0.2) is 11.9 Å². The highest BCUT2D eigenvalue weighted by Gasteiger charge is 2.39. The molecule has 0 spiro atoms. The minimum atomic E-state index is -2.03. The van der Waals surface area contributed by atoms with Crippen LogP contribution in [0.1, 0.15) is 34.6 Å². The summed E-state index contributed by atoms with van der Waals surface area (Å²) in [5, 5.41) is 0. The lowest BCUT2D eigenvalue weighted by Gasteiger charge is -2.03. The van der Waals surface area contributed by atoms with Gasteiger partial charge in [0.05, 0.1) is 0 Å². The second-order valence-electron chi connectivity index (χ2n) is 5.35. The van der Waals surface area contributed by atoms with Gasteiger partial charge in [0.2, 0.25) is 0 Å². The Morgan fingerprint density at radius 3 is 2.33 bits per heavy atom. The van der Waals surface area contributed by atoms with Crippen LogP contribution < -0.4 is 4.57 Å². The third kappa shape index (κ3) is 2.05. The van der Waals surface area contributed by atoms with Crippen LogP contribution in [0.3, 0.4) is 0 Å². The highest BCUT2D eigenvalue weighted by molar-refractivity contribution is 5.62. The van der Waals surface area contributed by atoms with Crippen molar-refractivity contribution in [2.24, 2.45) is 13.0 Å². The van der Waals surface area contributed by atoms with Crippen LogP contribution in [0.25, 0.3) is 11.1 Å². The van der Waals surface area contributed by atoms with Crippen LogP contribution in [0, 0.1) is 12.8 Å². The van der Waals surface area contributed by atoms with Gasteiger partial charge >= 0.3 is 0 Å². The molecule has 2 atom stereocenters. The van der Waals surface area contributed by atoms with E-state index in [2.05, 4.69) is 36.9 Å². The molecule has 92 valence electrons. The van der Waals surface area contributed by atoms with Crippen molar-refractivity contribution < 1.29 is 8.68 Å². The molecule has 1 saturated carbocycles. The molecule has 0 radical (unpaired) electrons. The summed E-state index contributed by atoms with van der Waals surface area (Å²) in [4.78, 5) is 0. The number of pyridine rings is 1. The average Bonchev–Trinajstić information content (AvgIpc) is 3.14. The fraction of sp³-hybridized carbons (Fsp3) is 0.353. The largest absolute Gasteiger partial charge is 0.204 e. The number of nitrogens with zero attached hydrogens (tertiary/aromatic N) is 1. The van der Waals surface area contributed by atoms with Crippen molar-refractivity contribution in [3.05, 3.63) is 53.9 Å². The van der Waals surface area contributed by atoms with Crippen LogP contribution in [-0.4, -0.2) is 0 Å². The van der Waals surface area contributed by atoms with Gasteiger partial charge in [0.25, 0.3) is 0 Å². The van der Waals surface area contributed by atoms with Crippen LogP contribution in [-0.2, 0) is 7.05 Å². The molecular formula is C17H20N+. The van der Waals surface area contributed by atoms with Crippen molar-refractivity contribution in [1.82, 2.24) is 0 Å². The minimum Gasteiger partial charge on any atom is -0.204 e. The maximum absolute atomic E-state index is 7.41. The molecule has 0 saturated heterocycles. The molecule has 1 nitrogen and oxygen atoms in total. The van der Waals surface area contributed by atoms with Gasteiger partial charge in [-0.1, -0.05) is 36.8 Å². The molecule has 0 N–H and O–H groups in total. The monoisotopic (exact) mass is 241 g/mol. The first-order valence-corrected chi connectivity index (χ1v) is 6.47. The summed E-state index contributed by atoms with van der Waals surface area (Å²) < 4.78 is 24.4. The SMILES string of the molecule is [2H]C([2H])([2H])c1ccc(-c2ccc(C3CC3C)[n+](C)c2)cc1. The fourth-order valence-corrected chi connectivity index (χ4v) is 2.57. The van der Waals surface area contributed by atoms with Crippen molar-refractivity contribution in [2.45, 2.75) is 26.1 Å². The fourth-order valence-electron chi connectivity index (χ4n) is 2.57. The maximum Gasteiger partial charge on any atom is 0.184 e. The molecule has 1 fully saturated rings. The van der Waals surface area contributed by atoms with Crippen LogP contribution in [0.5, 0.6) is 0 Å². The summed E-state index contributed by atoms with van der Waals surface area (Å²) in [7, 11) is 2.08. The molecule has 1 aromatic heterocycles. The van der Waals surface area contributed by atoms with Gasteiger partial charge in [0.1, 0.15) is 7.05 Å². The Balaban J connectivity index is 1.89. The minimum absolute atomic E-state index is 0.388. The lowest BCUT2D eigenvalue weighted by molar-refractivity contribution is -0.679. The number of hydrogen-bond acceptors (Lipinski definition) is 0. The van der Waals surface area contributed by atoms with Gasteiger partial charge in [0, 0.05) is 21.7 Å². The van der Waals surface area contributed by atoms with Crippen molar-refractivity contribution in [3.8, 4) is 11.1 Å². The summed E-state index contributed by atoms with van der Waals surface area (Å²) in [5.41, 5.74) is 3.94. The van der Waals surface area contributed by atoms with Gasteiger partial charge in [-0.25, -0.2) is 4.57 Å². The summed E-state index contributed by atoms with van der Waals surface area (Å²) in [6.45, 7) is 0.251. The molecule has 0 aliphatic heterocycles. The normalized spacial score (nSPS) is 25.1. The van der Waals surface area contributed by atoms with Crippen molar-refractivity contribution in [2.75, 3.05) is 0 Å². The van der Waals surface area contributed by atoms with Crippen molar-refractivity contribution >= 4 is 0 Å². The van der Waals surface area contributed by atoms with Crippen LogP contribution >= 0.6 is 0 Å². The predicted octanol–water partition coefficient (Wildman–Crippen LogP) is 3.61. The van der Waals surface area contributed by atoms with Gasteiger partial charge in [-0.2, -0.15) is 0 Å². The van der Waals surface area contributed by atoms with Crippen LogP contribution in [0.2, 0.25) is 0 Å². The second kappa shape index (κ2) is 4.24. The van der Waals surface area contributed by atoms with Gasteiger partial charge in [-0.15, -0.1) is 0 Å². The zero-order valence-corrected chi connectivity index (χ0v) is 10.9. The Morgan fingerprint density at radius 2 is 1.78 bits per heavy atom. The molecule has 3 rings (SSSR count). The molecule has 2 aromatic rings. The van der Waals surface area contributed by atoms with E-state index in [1.54, 1.807) is 12.1 Å². The Labute approximate surface area is 113 Å². The van der Waals surface area contributed by atoms with E-state index in [0.717, 1.165) is 17.0 Å². The molecule has 1 heteroatoms. The number of rotatable bonds is 2. The lowest BCUT2D eigenvalue weighted by Crippen LogP contribution is -2.33. The van der Waals surface area contributed by atoms with E-state index >= 15 is 0 Å². The summed E-state index contributed by atoms with van der Waals surface area (Å²) in [5.74, 6) is 1.49. The predicted molar refractivity (Wildman–Crippen MR) is 74.3 cm³/mol. The van der Waals surface area contributed by atoms with E-state index in [9.17, 15) is 0 Å². The number of aromatic nitrogens is 1. The molecule has 1 aliphatic rings. The lowest BCUT2D eigenvalue weighted by atomic mass is 10.0. The summed E-state index contributed by atoms with van der Waals surface area (Å²) in [6, 6.07) is 11.5. The Morgan fingerprint density at radius 1 is 1.11 bits per heavy atom. The third-order valence-corrected chi connectivity index (χ3v) is 3.88. The third-order valence-electron chi connectivity index (χ3n) is 3.88. The van der Waals surface area contributed by atoms with Crippen LogP contribution in [0.15, 0.2) is 42.6 Å². The van der Waals surface area contributed by atoms with Gasteiger partial charge in [-0.05, 0) is 30.8 Å². The van der Waals surface area contributed by atoms with Gasteiger partial charge in [-0.3, -0.25) is 0 Å². The number of aryl methyl sites for hydroxylation is 2. The molecule has 18 heavy (non-hydrogen) atoms.